The fourth-order valence-electron chi connectivity index (χ4n) is 4.68. The van der Waals surface area contributed by atoms with Gasteiger partial charge in [0.15, 0.2) is 5.78 Å². The molecule has 3 rings (SSSR count). The third-order valence-corrected chi connectivity index (χ3v) is 9.19. The number of hydrogen-bond acceptors (Lipinski definition) is 4. The van der Waals surface area contributed by atoms with Crippen LogP contribution in [0.5, 0.6) is 0 Å². The molecule has 2 aromatic carbocycles. The van der Waals surface area contributed by atoms with Crippen molar-refractivity contribution in [1.82, 2.24) is 9.97 Å². The van der Waals surface area contributed by atoms with Crippen LogP contribution >= 0.6 is 0 Å². The van der Waals surface area contributed by atoms with Gasteiger partial charge in [0.2, 0.25) is 0 Å². The average Bonchev–Trinajstić information content (AvgIpc) is 2.89. The summed E-state index contributed by atoms with van der Waals surface area (Å²) in [4.78, 5) is 20.8. The molecule has 0 amide bonds. The summed E-state index contributed by atoms with van der Waals surface area (Å²) in [6.45, 7) is 21.8. The number of fused-ring (bicyclic) bond motifs is 1. The van der Waals surface area contributed by atoms with E-state index in [1.54, 1.807) is 6.33 Å². The molecule has 0 aliphatic rings. The Morgan fingerprint density at radius 2 is 1.52 bits per heavy atom. The third kappa shape index (κ3) is 9.75. The summed E-state index contributed by atoms with van der Waals surface area (Å²) in [7, 11) is -1.47. The summed E-state index contributed by atoms with van der Waals surface area (Å²) < 4.78 is 0. The number of hydrogen-bond donors (Lipinski definition) is 1. The van der Waals surface area contributed by atoms with Gasteiger partial charge in [-0.1, -0.05) is 103 Å². The molecule has 0 unspecified atom stereocenters. The molecule has 4 nitrogen and oxygen atoms in total. The van der Waals surface area contributed by atoms with Crippen LogP contribution < -0.4 is 5.32 Å². The molecule has 0 saturated carbocycles. The fraction of sp³-hybridized carbons (Fsp3) is 0.500. The maximum absolute atomic E-state index is 11.7. The van der Waals surface area contributed by atoms with Crippen molar-refractivity contribution in [2.75, 3.05) is 0 Å². The van der Waals surface area contributed by atoms with Crippen molar-refractivity contribution in [3.63, 3.8) is 0 Å². The number of carbonyl (C=O) groups excluding carboxylic acids is 1. The number of aliphatic hydroxyl groups is 1. The number of allylic oxidation sites excluding steroid dienone is 2. The van der Waals surface area contributed by atoms with Crippen LogP contribution in [0.2, 0.25) is 19.6 Å². The Bertz CT molecular complexity index is 1270. The molecule has 1 aromatic heterocycles. The van der Waals surface area contributed by atoms with Gasteiger partial charge >= 0.3 is 0 Å². The van der Waals surface area contributed by atoms with Crippen molar-refractivity contribution in [2.24, 2.45) is 11.8 Å². The van der Waals surface area contributed by atoms with E-state index in [1.165, 1.54) is 22.3 Å². The first-order valence-electron chi connectivity index (χ1n) is 14.5. The number of ketones is 1. The van der Waals surface area contributed by atoms with Crippen LogP contribution in [-0.4, -0.2) is 28.9 Å². The molecule has 6 heteroatoms. The number of benzene rings is 2. The molecule has 0 atom stereocenters. The fourth-order valence-corrected chi connectivity index (χ4v) is 5.70. The maximum atomic E-state index is 11.7. The molecule has 221 valence electrons. The van der Waals surface area contributed by atoms with Gasteiger partial charge in [0.25, 0.3) is 0 Å². The normalized spacial score (nSPS) is 12.2. The molecular formula is C34H49IrN2O2Si-. The zero-order chi connectivity index (χ0) is 29.4. The van der Waals surface area contributed by atoms with E-state index >= 15 is 0 Å². The molecule has 0 saturated heterocycles. The van der Waals surface area contributed by atoms with E-state index in [1.807, 2.05) is 27.7 Å². The molecule has 0 spiro atoms. The second-order valence-corrected chi connectivity index (χ2v) is 17.4. The first-order valence-corrected chi connectivity index (χ1v) is 18.0. The average molecular weight is 738 g/mol. The van der Waals surface area contributed by atoms with E-state index in [4.69, 9.17) is 0 Å². The predicted molar refractivity (Wildman–Crippen MR) is 169 cm³/mol. The van der Waals surface area contributed by atoms with E-state index in [2.05, 4.69) is 92.8 Å². The molecule has 0 aliphatic carbocycles. The molecular weight excluding hydrogens is 689 g/mol. The number of nitrogens with zero attached hydrogens (tertiary/aromatic N) is 2. The summed E-state index contributed by atoms with van der Waals surface area (Å²) >= 11 is 0. The predicted octanol–water partition coefficient (Wildman–Crippen LogP) is 8.81. The number of aliphatic hydroxyl groups excluding tert-OH is 1. The van der Waals surface area contributed by atoms with Gasteiger partial charge in [-0.05, 0) is 31.1 Å². The number of aromatic nitrogens is 2. The smallest absolute Gasteiger partial charge is 0.162 e. The molecule has 1 heterocycles. The zero-order valence-corrected chi connectivity index (χ0v) is 29.6. The Kier molecular flexibility index (Phi) is 14.1. The SMILES string of the molecule is CC(C)(C)c1cc(-c2cc([Si](C)(C)C)ncn2)[c-]c2ccccc12.CCC(CC)C(=O)/C=C(\O)C(CC)CC.[Ir]. The van der Waals surface area contributed by atoms with Gasteiger partial charge in [-0.3, -0.25) is 9.78 Å². The van der Waals surface area contributed by atoms with Gasteiger partial charge in [0.05, 0.1) is 5.76 Å². The van der Waals surface area contributed by atoms with Gasteiger partial charge in [-0.25, -0.2) is 4.98 Å². The molecule has 0 fully saturated rings. The third-order valence-electron chi connectivity index (χ3n) is 7.38. The van der Waals surface area contributed by atoms with Gasteiger partial charge in [0, 0.05) is 49.0 Å². The minimum Gasteiger partial charge on any atom is -0.512 e. The van der Waals surface area contributed by atoms with E-state index in [9.17, 15) is 9.90 Å². The topological polar surface area (TPSA) is 63.1 Å². The largest absolute Gasteiger partial charge is 0.512 e. The van der Waals surface area contributed by atoms with Gasteiger partial charge < -0.3 is 5.11 Å². The van der Waals surface area contributed by atoms with Crippen LogP contribution in [0.3, 0.4) is 0 Å². The van der Waals surface area contributed by atoms with E-state index in [-0.39, 0.29) is 48.9 Å². The van der Waals surface area contributed by atoms with Gasteiger partial charge in [-0.2, -0.15) is 0 Å². The van der Waals surface area contributed by atoms with E-state index in [0.717, 1.165) is 42.3 Å². The van der Waals surface area contributed by atoms with E-state index in [0.29, 0.717) is 0 Å². The van der Waals surface area contributed by atoms with Crippen molar-refractivity contribution < 1.29 is 30.0 Å². The first kappa shape index (κ1) is 35.9. The summed E-state index contributed by atoms with van der Waals surface area (Å²) in [5.74, 6) is 0.547. The number of carbonyl (C=O) groups is 1. The zero-order valence-electron chi connectivity index (χ0n) is 26.2. The molecule has 3 aromatic rings. The van der Waals surface area contributed by atoms with Crippen LogP contribution in [0.4, 0.5) is 0 Å². The summed E-state index contributed by atoms with van der Waals surface area (Å²) in [6.07, 6.45) is 6.60. The number of rotatable bonds is 9. The molecule has 40 heavy (non-hydrogen) atoms. The molecule has 0 aliphatic heterocycles. The quantitative estimate of drug-likeness (QED) is 0.103. The van der Waals surface area contributed by atoms with Crippen LogP contribution in [0.1, 0.15) is 79.7 Å². The Balaban J connectivity index is 0.000000437. The Morgan fingerprint density at radius 3 is 2.05 bits per heavy atom. The minimum atomic E-state index is -1.47. The Morgan fingerprint density at radius 1 is 0.950 bits per heavy atom. The second kappa shape index (κ2) is 15.7. The second-order valence-electron chi connectivity index (χ2n) is 12.4. The summed E-state index contributed by atoms with van der Waals surface area (Å²) in [5, 5.41) is 13.4. The van der Waals surface area contributed by atoms with Crippen LogP contribution in [-0.2, 0) is 30.3 Å². The molecule has 1 N–H and O–H groups in total. The van der Waals surface area contributed by atoms with Crippen LogP contribution in [0.25, 0.3) is 22.0 Å². The Hall–Kier alpha value is -2.14. The van der Waals surface area contributed by atoms with Crippen LogP contribution in [0.15, 0.2) is 54.6 Å². The van der Waals surface area contributed by atoms with E-state index < -0.39 is 8.07 Å². The summed E-state index contributed by atoms with van der Waals surface area (Å²) in [6, 6.07) is 16.4. The van der Waals surface area contributed by atoms with Gasteiger partial charge in [0.1, 0.15) is 14.4 Å². The van der Waals surface area contributed by atoms with Crippen molar-refractivity contribution in [3.05, 3.63) is 66.2 Å². The maximum Gasteiger partial charge on any atom is 0.162 e. The monoisotopic (exact) mass is 738 g/mol. The van der Waals surface area contributed by atoms with Crippen molar-refractivity contribution >= 4 is 29.9 Å². The first-order chi connectivity index (χ1) is 18.3. The Labute approximate surface area is 257 Å². The molecule has 1 radical (unpaired) electrons. The standard InChI is InChI=1S/C21H25N2Si.C13H24O2.Ir/c1-21(2,3)18-12-16(11-15-9-7-8-10-17(15)18)19-13-20(23-14-22-19)24(4,5)6;1-5-10(6-2)12(14)9-13(15)11(7-3)8-4;/h7-10,12-14H,1-6H3;9-11,14H,5-8H2,1-4H3;/q-1;;/b;12-9-;. The van der Waals surface area contributed by atoms with Crippen molar-refractivity contribution in [3.8, 4) is 11.3 Å². The van der Waals surface area contributed by atoms with Crippen molar-refractivity contribution in [1.29, 1.82) is 0 Å². The van der Waals surface area contributed by atoms with Crippen LogP contribution in [0, 0.1) is 17.9 Å². The summed E-state index contributed by atoms with van der Waals surface area (Å²) in [5.41, 5.74) is 3.43. The minimum absolute atomic E-state index is 0. The van der Waals surface area contributed by atoms with Gasteiger partial charge in [-0.15, -0.1) is 29.1 Å². The molecule has 0 bridgehead atoms. The van der Waals surface area contributed by atoms with Crippen molar-refractivity contribution in [2.45, 2.75) is 99.2 Å².